The summed E-state index contributed by atoms with van der Waals surface area (Å²) in [4.78, 5) is 0. The Balaban J connectivity index is 2.04. The first-order chi connectivity index (χ1) is 6.68. The Morgan fingerprint density at radius 3 is 2.86 bits per heavy atom. The van der Waals surface area contributed by atoms with Crippen LogP contribution in [0.5, 0.6) is 0 Å². The lowest BCUT2D eigenvalue weighted by Gasteiger charge is -2.44. The van der Waals surface area contributed by atoms with Gasteiger partial charge in [-0.3, -0.25) is 0 Å². The Hall–Kier alpha value is -0.120. The van der Waals surface area contributed by atoms with Gasteiger partial charge in [-0.2, -0.15) is 0 Å². The van der Waals surface area contributed by atoms with Crippen molar-refractivity contribution < 1.29 is 15.4 Å². The number of piperazine rings is 1. The van der Waals surface area contributed by atoms with Gasteiger partial charge in [0.2, 0.25) is 0 Å². The van der Waals surface area contributed by atoms with Crippen molar-refractivity contribution in [1.29, 1.82) is 0 Å². The molecule has 0 saturated carbocycles. The van der Waals surface area contributed by atoms with Crippen molar-refractivity contribution >= 4 is 0 Å². The van der Waals surface area contributed by atoms with Gasteiger partial charge < -0.3 is 15.4 Å². The van der Waals surface area contributed by atoms with E-state index >= 15 is 0 Å². The van der Waals surface area contributed by atoms with Crippen molar-refractivity contribution in [2.45, 2.75) is 44.2 Å². The molecule has 0 aromatic rings. The third-order valence-corrected chi connectivity index (χ3v) is 4.02. The van der Waals surface area contributed by atoms with Gasteiger partial charge in [0.05, 0.1) is 12.2 Å². The summed E-state index contributed by atoms with van der Waals surface area (Å²) in [5.41, 5.74) is 0.626. The Kier molecular flexibility index (Phi) is 2.82. The van der Waals surface area contributed by atoms with Crippen LogP contribution in [0.3, 0.4) is 0 Å². The monoisotopic (exact) mass is 200 g/mol. The van der Waals surface area contributed by atoms with E-state index < -0.39 is 0 Å². The number of rotatable bonds is 1. The fraction of sp³-hybridized carbons (Fsp3) is 1.00. The van der Waals surface area contributed by atoms with Crippen molar-refractivity contribution in [2.75, 3.05) is 26.2 Å². The van der Waals surface area contributed by atoms with Gasteiger partial charge in [-0.1, -0.05) is 6.92 Å². The SMILES string of the molecule is CC[C@]1(C)C[C@@]2(CCO1)C[NH2+]CC[NH2+]2. The first-order valence-corrected chi connectivity index (χ1v) is 5.98. The zero-order valence-electron chi connectivity index (χ0n) is 9.51. The molecule has 4 N–H and O–H groups in total. The second-order valence-electron chi connectivity index (χ2n) is 5.22. The first-order valence-electron chi connectivity index (χ1n) is 5.98. The van der Waals surface area contributed by atoms with Crippen molar-refractivity contribution in [3.05, 3.63) is 0 Å². The fourth-order valence-electron chi connectivity index (χ4n) is 2.94. The molecule has 82 valence electrons. The molecule has 0 aromatic heterocycles. The van der Waals surface area contributed by atoms with Gasteiger partial charge in [0.25, 0.3) is 0 Å². The van der Waals surface area contributed by atoms with Gasteiger partial charge in [-0.15, -0.1) is 0 Å². The van der Waals surface area contributed by atoms with Crippen LogP contribution < -0.4 is 10.6 Å². The van der Waals surface area contributed by atoms with E-state index in [2.05, 4.69) is 24.5 Å². The summed E-state index contributed by atoms with van der Waals surface area (Å²) in [5.74, 6) is 0. The molecule has 2 aliphatic heterocycles. The maximum absolute atomic E-state index is 5.91. The summed E-state index contributed by atoms with van der Waals surface area (Å²) in [5, 5.41) is 5.05. The second kappa shape index (κ2) is 3.80. The highest BCUT2D eigenvalue weighted by Gasteiger charge is 2.47. The highest BCUT2D eigenvalue weighted by atomic mass is 16.5. The van der Waals surface area contributed by atoms with Gasteiger partial charge in [-0.05, 0) is 13.3 Å². The molecule has 14 heavy (non-hydrogen) atoms. The van der Waals surface area contributed by atoms with Crippen molar-refractivity contribution in [1.82, 2.24) is 0 Å². The molecule has 2 aliphatic rings. The quantitative estimate of drug-likeness (QED) is 0.551. The summed E-state index contributed by atoms with van der Waals surface area (Å²) in [6, 6.07) is 0. The first kappa shape index (κ1) is 10.4. The van der Waals surface area contributed by atoms with Gasteiger partial charge in [0, 0.05) is 12.8 Å². The molecule has 2 heterocycles. The maximum Gasteiger partial charge on any atom is 0.150 e. The Labute approximate surface area is 86.6 Å². The highest BCUT2D eigenvalue weighted by Crippen LogP contribution is 2.31. The third-order valence-electron chi connectivity index (χ3n) is 4.02. The topological polar surface area (TPSA) is 42.5 Å². The molecule has 2 atom stereocenters. The van der Waals surface area contributed by atoms with E-state index in [4.69, 9.17) is 4.74 Å². The standard InChI is InChI=1S/C11H22N2O/c1-3-10(2)8-11(4-7-14-10)9-12-5-6-13-11/h12-13H,3-9H2,1-2H3/p+2/t10-,11+/m1/s1. The van der Waals surface area contributed by atoms with Crippen LogP contribution >= 0.6 is 0 Å². The third kappa shape index (κ3) is 1.95. The number of ether oxygens (including phenoxy) is 1. The zero-order valence-corrected chi connectivity index (χ0v) is 9.51. The van der Waals surface area contributed by atoms with Crippen molar-refractivity contribution in [2.24, 2.45) is 0 Å². The Bertz CT molecular complexity index is 196. The Morgan fingerprint density at radius 2 is 2.21 bits per heavy atom. The lowest BCUT2D eigenvalue weighted by atomic mass is 9.78. The van der Waals surface area contributed by atoms with Crippen LogP contribution in [-0.2, 0) is 4.74 Å². The van der Waals surface area contributed by atoms with Gasteiger partial charge in [-0.25, -0.2) is 0 Å². The normalized spacial score (nSPS) is 44.1. The summed E-state index contributed by atoms with van der Waals surface area (Å²) in [7, 11) is 0. The average molecular weight is 200 g/mol. The molecule has 0 amide bonds. The molecule has 1 spiro atoms. The summed E-state index contributed by atoms with van der Waals surface area (Å²) < 4.78 is 5.91. The summed E-state index contributed by atoms with van der Waals surface area (Å²) >= 11 is 0. The molecule has 0 radical (unpaired) electrons. The minimum atomic E-state index is 0.139. The largest absolute Gasteiger partial charge is 0.375 e. The molecule has 2 saturated heterocycles. The lowest BCUT2D eigenvalue weighted by molar-refractivity contribution is -0.841. The van der Waals surface area contributed by atoms with Crippen molar-refractivity contribution in [3.63, 3.8) is 0 Å². The second-order valence-corrected chi connectivity index (χ2v) is 5.22. The molecule has 0 aromatic carbocycles. The highest BCUT2D eigenvalue weighted by molar-refractivity contribution is 4.91. The number of nitrogens with two attached hydrogens (primary N) is 2. The van der Waals surface area contributed by atoms with Gasteiger partial charge in [0.15, 0.2) is 5.54 Å². The van der Waals surface area contributed by atoms with Crippen molar-refractivity contribution in [3.8, 4) is 0 Å². The van der Waals surface area contributed by atoms with Crippen LogP contribution in [0.2, 0.25) is 0 Å². The van der Waals surface area contributed by atoms with E-state index in [0.717, 1.165) is 13.0 Å². The maximum atomic E-state index is 5.91. The molecule has 0 aliphatic carbocycles. The van der Waals surface area contributed by atoms with E-state index in [-0.39, 0.29) is 5.60 Å². The van der Waals surface area contributed by atoms with E-state index in [0.29, 0.717) is 5.54 Å². The van der Waals surface area contributed by atoms with Crippen LogP contribution in [0, 0.1) is 0 Å². The predicted octanol–water partition coefficient (Wildman–Crippen LogP) is -1.16. The van der Waals surface area contributed by atoms with E-state index in [9.17, 15) is 0 Å². The molecule has 0 unspecified atom stereocenters. The molecular weight excluding hydrogens is 176 g/mol. The number of hydrogen-bond acceptors (Lipinski definition) is 1. The van der Waals surface area contributed by atoms with Crippen LogP contribution in [0.25, 0.3) is 0 Å². The number of quaternary nitrogens is 2. The minimum absolute atomic E-state index is 0.139. The fourth-order valence-corrected chi connectivity index (χ4v) is 2.94. The molecule has 0 bridgehead atoms. The smallest absolute Gasteiger partial charge is 0.150 e. The van der Waals surface area contributed by atoms with Crippen LogP contribution in [0.4, 0.5) is 0 Å². The molecule has 2 fully saturated rings. The predicted molar refractivity (Wildman–Crippen MR) is 55.1 cm³/mol. The molecule has 2 rings (SSSR count). The Morgan fingerprint density at radius 1 is 1.36 bits per heavy atom. The average Bonchev–Trinajstić information content (AvgIpc) is 2.19. The van der Waals surface area contributed by atoms with Gasteiger partial charge >= 0.3 is 0 Å². The summed E-state index contributed by atoms with van der Waals surface area (Å²) in [6.07, 6.45) is 3.61. The van der Waals surface area contributed by atoms with Crippen LogP contribution in [0.15, 0.2) is 0 Å². The van der Waals surface area contributed by atoms with Gasteiger partial charge in [0.1, 0.15) is 19.6 Å². The molecular formula is C11H24N2O+2. The van der Waals surface area contributed by atoms with E-state index in [1.165, 1.54) is 32.5 Å². The van der Waals surface area contributed by atoms with Crippen LogP contribution in [-0.4, -0.2) is 37.4 Å². The lowest BCUT2D eigenvalue weighted by Crippen LogP contribution is -3.13. The van der Waals surface area contributed by atoms with E-state index in [1.54, 1.807) is 0 Å². The summed E-state index contributed by atoms with van der Waals surface area (Å²) in [6.45, 7) is 9.31. The number of hydrogen-bond donors (Lipinski definition) is 2. The van der Waals surface area contributed by atoms with Crippen LogP contribution in [0.1, 0.15) is 33.1 Å². The van der Waals surface area contributed by atoms with E-state index in [1.807, 2.05) is 0 Å². The molecule has 3 nitrogen and oxygen atoms in total. The minimum Gasteiger partial charge on any atom is -0.375 e. The molecule has 3 heteroatoms. The zero-order chi connectivity index (χ0) is 10.1.